The molecule has 0 radical (unpaired) electrons. The van der Waals surface area contributed by atoms with Crippen molar-refractivity contribution in [3.8, 4) is 0 Å². The Labute approximate surface area is 257 Å². The van der Waals surface area contributed by atoms with E-state index in [2.05, 4.69) is 5.32 Å². The molecule has 0 aliphatic carbocycles. The van der Waals surface area contributed by atoms with Crippen LogP contribution in [0, 0.1) is 6.92 Å². The van der Waals surface area contributed by atoms with E-state index in [1.165, 1.54) is 29.2 Å². The summed E-state index contributed by atoms with van der Waals surface area (Å²) < 4.78 is 29.0. The van der Waals surface area contributed by atoms with Crippen LogP contribution in [0.15, 0.2) is 71.6 Å². The van der Waals surface area contributed by atoms with E-state index in [1.807, 2.05) is 13.8 Å². The maximum Gasteiger partial charge on any atom is 0.264 e. The number of halogens is 3. The Morgan fingerprint density at radius 1 is 0.927 bits per heavy atom. The first-order valence-corrected chi connectivity index (χ1v) is 15.9. The first-order valence-electron chi connectivity index (χ1n) is 13.3. The number of rotatable bonds is 13. The highest BCUT2D eigenvalue weighted by atomic mass is 35.5. The number of sulfonamides is 1. The fraction of sp³-hybridized carbons (Fsp3) is 0.333. The molecule has 0 fully saturated rings. The maximum absolute atomic E-state index is 14.1. The third-order valence-corrected chi connectivity index (χ3v) is 9.38. The minimum atomic E-state index is -4.19. The Balaban J connectivity index is 2.06. The third kappa shape index (κ3) is 8.38. The van der Waals surface area contributed by atoms with Crippen molar-refractivity contribution in [3.05, 3.63) is 92.9 Å². The van der Waals surface area contributed by atoms with Crippen LogP contribution in [-0.4, -0.2) is 44.3 Å². The quantitative estimate of drug-likeness (QED) is 0.207. The highest BCUT2D eigenvalue weighted by Gasteiger charge is 2.34. The summed E-state index contributed by atoms with van der Waals surface area (Å²) in [6.45, 7) is 5.57. The van der Waals surface area contributed by atoms with Crippen LogP contribution in [0.2, 0.25) is 15.1 Å². The maximum atomic E-state index is 14.1. The van der Waals surface area contributed by atoms with Crippen molar-refractivity contribution in [1.29, 1.82) is 0 Å². The average Bonchev–Trinajstić information content (AvgIpc) is 2.94. The number of aryl methyl sites for hydroxylation is 1. The lowest BCUT2D eigenvalue weighted by atomic mass is 10.1. The number of amides is 2. The Morgan fingerprint density at radius 3 is 2.22 bits per heavy atom. The Kier molecular flexibility index (Phi) is 11.9. The minimum absolute atomic E-state index is 0.0154. The molecule has 41 heavy (non-hydrogen) atoms. The molecule has 0 saturated carbocycles. The lowest BCUT2D eigenvalue weighted by Crippen LogP contribution is -2.52. The number of carbonyl (C=O) groups is 2. The zero-order chi connectivity index (χ0) is 30.2. The average molecular weight is 639 g/mol. The van der Waals surface area contributed by atoms with E-state index < -0.39 is 28.5 Å². The Hall–Kier alpha value is -2.78. The van der Waals surface area contributed by atoms with Crippen molar-refractivity contribution in [2.75, 3.05) is 17.4 Å². The predicted octanol–water partition coefficient (Wildman–Crippen LogP) is 6.87. The molecular formula is C30H34Cl3N3O4S. The predicted molar refractivity (Wildman–Crippen MR) is 166 cm³/mol. The van der Waals surface area contributed by atoms with Crippen molar-refractivity contribution >= 4 is 62.3 Å². The number of benzene rings is 3. The van der Waals surface area contributed by atoms with Gasteiger partial charge < -0.3 is 10.2 Å². The van der Waals surface area contributed by atoms with Gasteiger partial charge >= 0.3 is 0 Å². The molecule has 0 spiro atoms. The molecule has 11 heteroatoms. The monoisotopic (exact) mass is 637 g/mol. The molecule has 3 rings (SSSR count). The second-order valence-electron chi connectivity index (χ2n) is 9.59. The Morgan fingerprint density at radius 2 is 1.61 bits per heavy atom. The van der Waals surface area contributed by atoms with Crippen LogP contribution in [0.25, 0.3) is 0 Å². The van der Waals surface area contributed by atoms with Gasteiger partial charge in [0.25, 0.3) is 10.0 Å². The van der Waals surface area contributed by atoms with Crippen LogP contribution < -0.4 is 9.62 Å². The SMILES string of the molecule is CCCCNC(=O)C(CC)N(Cc1ccc(Cl)c(Cl)c1)C(=O)CN(c1ccccc1C)S(=O)(=O)c1ccc(Cl)cc1. The van der Waals surface area contributed by atoms with E-state index >= 15 is 0 Å². The number of nitrogens with zero attached hydrogens (tertiary/aromatic N) is 2. The van der Waals surface area contributed by atoms with Crippen LogP contribution in [0.5, 0.6) is 0 Å². The van der Waals surface area contributed by atoms with Crippen LogP contribution >= 0.6 is 34.8 Å². The van der Waals surface area contributed by atoms with Crippen molar-refractivity contribution in [3.63, 3.8) is 0 Å². The summed E-state index contributed by atoms with van der Waals surface area (Å²) in [6, 6.07) is 16.8. The topological polar surface area (TPSA) is 86.8 Å². The van der Waals surface area contributed by atoms with Crippen molar-refractivity contribution in [2.45, 2.75) is 57.5 Å². The van der Waals surface area contributed by atoms with Gasteiger partial charge in [-0.2, -0.15) is 0 Å². The Bertz CT molecular complexity index is 1470. The van der Waals surface area contributed by atoms with Crippen LogP contribution in [0.4, 0.5) is 5.69 Å². The van der Waals surface area contributed by atoms with Crippen LogP contribution in [0.3, 0.4) is 0 Å². The van der Waals surface area contributed by atoms with E-state index in [9.17, 15) is 18.0 Å². The molecule has 3 aromatic rings. The number of hydrogen-bond donors (Lipinski definition) is 1. The van der Waals surface area contributed by atoms with Gasteiger partial charge in [-0.1, -0.05) is 79.3 Å². The highest BCUT2D eigenvalue weighted by Crippen LogP contribution is 2.29. The summed E-state index contributed by atoms with van der Waals surface area (Å²) in [5.41, 5.74) is 1.67. The van der Waals surface area contributed by atoms with Gasteiger partial charge in [0, 0.05) is 18.1 Å². The molecule has 0 bridgehead atoms. The van der Waals surface area contributed by atoms with Crippen molar-refractivity contribution in [2.24, 2.45) is 0 Å². The minimum Gasteiger partial charge on any atom is -0.354 e. The van der Waals surface area contributed by atoms with Crippen LogP contribution in [0.1, 0.15) is 44.2 Å². The second-order valence-corrected chi connectivity index (χ2v) is 12.7. The van der Waals surface area contributed by atoms with Gasteiger partial charge in [0.2, 0.25) is 11.8 Å². The number of para-hydroxylation sites is 1. The molecule has 7 nitrogen and oxygen atoms in total. The lowest BCUT2D eigenvalue weighted by Gasteiger charge is -2.33. The molecule has 1 N–H and O–H groups in total. The van der Waals surface area contributed by atoms with Gasteiger partial charge in [0.15, 0.2) is 0 Å². The normalized spacial score (nSPS) is 12.0. The molecule has 0 saturated heterocycles. The smallest absolute Gasteiger partial charge is 0.264 e. The first kappa shape index (κ1) is 32.7. The van der Waals surface area contributed by atoms with E-state index in [0.29, 0.717) is 44.8 Å². The molecule has 0 aliphatic heterocycles. The zero-order valence-electron chi connectivity index (χ0n) is 23.2. The molecule has 1 atom stereocenters. The summed E-state index contributed by atoms with van der Waals surface area (Å²) in [6.07, 6.45) is 2.01. The molecule has 1 unspecified atom stereocenters. The number of anilines is 1. The van der Waals surface area contributed by atoms with Crippen molar-refractivity contribution < 1.29 is 18.0 Å². The fourth-order valence-electron chi connectivity index (χ4n) is 4.35. The fourth-order valence-corrected chi connectivity index (χ4v) is 6.28. The number of carbonyl (C=O) groups excluding carboxylic acids is 2. The first-order chi connectivity index (χ1) is 19.5. The van der Waals surface area contributed by atoms with Gasteiger partial charge in [-0.15, -0.1) is 0 Å². The second kappa shape index (κ2) is 14.9. The van der Waals surface area contributed by atoms with Gasteiger partial charge in [-0.3, -0.25) is 13.9 Å². The lowest BCUT2D eigenvalue weighted by molar-refractivity contribution is -0.140. The van der Waals surface area contributed by atoms with Gasteiger partial charge in [0.1, 0.15) is 12.6 Å². The standard InChI is InChI=1S/C30H34Cl3N3O4S/c1-4-6-17-34-30(38)27(5-2)35(19-22-11-16-25(32)26(33)18-22)29(37)20-36(28-10-8-7-9-21(28)3)41(39,40)24-14-12-23(31)13-15-24/h7-16,18,27H,4-6,17,19-20H2,1-3H3,(H,34,38). The van der Waals surface area contributed by atoms with Gasteiger partial charge in [-0.25, -0.2) is 8.42 Å². The number of nitrogens with one attached hydrogen (secondary N) is 1. The zero-order valence-corrected chi connectivity index (χ0v) is 26.3. The van der Waals surface area contributed by atoms with Gasteiger partial charge in [-0.05, 0) is 73.4 Å². The summed E-state index contributed by atoms with van der Waals surface area (Å²) in [4.78, 5) is 28.8. The van der Waals surface area contributed by atoms with E-state index in [-0.39, 0.29) is 17.3 Å². The van der Waals surface area contributed by atoms with Gasteiger partial charge in [0.05, 0.1) is 20.6 Å². The molecule has 2 amide bonds. The molecule has 0 aromatic heterocycles. The molecule has 3 aromatic carbocycles. The highest BCUT2D eigenvalue weighted by molar-refractivity contribution is 7.92. The third-order valence-electron chi connectivity index (χ3n) is 6.62. The number of unbranched alkanes of at least 4 members (excludes halogenated alkanes) is 1. The van der Waals surface area contributed by atoms with Crippen LogP contribution in [-0.2, 0) is 26.2 Å². The largest absolute Gasteiger partial charge is 0.354 e. The molecular weight excluding hydrogens is 605 g/mol. The van der Waals surface area contributed by atoms with E-state index in [1.54, 1.807) is 49.4 Å². The van der Waals surface area contributed by atoms with E-state index in [0.717, 1.165) is 17.1 Å². The summed E-state index contributed by atoms with van der Waals surface area (Å²) >= 11 is 18.4. The van der Waals surface area contributed by atoms with Crippen molar-refractivity contribution in [1.82, 2.24) is 10.2 Å². The number of hydrogen-bond acceptors (Lipinski definition) is 4. The summed E-state index contributed by atoms with van der Waals surface area (Å²) in [5, 5.41) is 3.96. The summed E-state index contributed by atoms with van der Waals surface area (Å²) in [7, 11) is -4.19. The molecule has 0 heterocycles. The summed E-state index contributed by atoms with van der Waals surface area (Å²) in [5.74, 6) is -0.855. The molecule has 220 valence electrons. The van der Waals surface area contributed by atoms with E-state index in [4.69, 9.17) is 34.8 Å². The molecule has 0 aliphatic rings.